The van der Waals surface area contributed by atoms with E-state index in [0.717, 1.165) is 24.3 Å². The molecule has 0 bridgehead atoms. The van der Waals surface area contributed by atoms with Gasteiger partial charge in [-0.1, -0.05) is 12.1 Å². The molecule has 0 aliphatic carbocycles. The maximum absolute atomic E-state index is 13.0. The number of hydrogen-bond acceptors (Lipinski definition) is 2. The van der Waals surface area contributed by atoms with Crippen molar-refractivity contribution >= 4 is 0 Å². The van der Waals surface area contributed by atoms with Crippen LogP contribution in [0.3, 0.4) is 0 Å². The average molecular weight is 191 g/mol. The van der Waals surface area contributed by atoms with E-state index in [1.165, 1.54) is 0 Å². The lowest BCUT2D eigenvalue weighted by Gasteiger charge is -2.14. The van der Waals surface area contributed by atoms with Crippen LogP contribution in [0.1, 0.15) is 5.56 Å². The van der Waals surface area contributed by atoms with Gasteiger partial charge in [0.1, 0.15) is 12.4 Å². The average Bonchev–Trinajstić information content (AvgIpc) is 2.05. The molecule has 1 rings (SSSR count). The van der Waals surface area contributed by atoms with Crippen LogP contribution in [0.2, 0.25) is 0 Å². The largest absolute Gasteiger partial charge is 0.298 e. The molecular formula is C8H8F3NO. The van der Waals surface area contributed by atoms with Gasteiger partial charge in [0, 0.05) is 5.56 Å². The summed E-state index contributed by atoms with van der Waals surface area (Å²) in [6.07, 6.45) is 0. The van der Waals surface area contributed by atoms with E-state index in [9.17, 15) is 13.2 Å². The van der Waals surface area contributed by atoms with Gasteiger partial charge in [-0.2, -0.15) is 8.78 Å². The monoisotopic (exact) mass is 191 g/mol. The molecule has 0 amide bonds. The Labute approximate surface area is 73.1 Å². The Kier molecular flexibility index (Phi) is 2.90. The van der Waals surface area contributed by atoms with Gasteiger partial charge in [-0.3, -0.25) is 4.84 Å². The molecule has 1 aromatic carbocycles. The zero-order chi connectivity index (χ0) is 9.90. The van der Waals surface area contributed by atoms with Gasteiger partial charge >= 0.3 is 0 Å². The van der Waals surface area contributed by atoms with E-state index < -0.39 is 18.3 Å². The van der Waals surface area contributed by atoms with Crippen LogP contribution < -0.4 is 5.90 Å². The van der Waals surface area contributed by atoms with Crippen molar-refractivity contribution in [3.8, 4) is 0 Å². The van der Waals surface area contributed by atoms with Crippen molar-refractivity contribution < 1.29 is 18.0 Å². The topological polar surface area (TPSA) is 35.2 Å². The number of benzene rings is 1. The molecule has 0 aliphatic rings. The van der Waals surface area contributed by atoms with Gasteiger partial charge in [0.05, 0.1) is 0 Å². The summed E-state index contributed by atoms with van der Waals surface area (Å²) < 4.78 is 38.3. The molecule has 0 radical (unpaired) electrons. The summed E-state index contributed by atoms with van der Waals surface area (Å²) in [4.78, 5) is 3.85. The maximum Gasteiger partial charge on any atom is 0.298 e. The predicted molar refractivity (Wildman–Crippen MR) is 40.4 cm³/mol. The zero-order valence-electron chi connectivity index (χ0n) is 6.64. The summed E-state index contributed by atoms with van der Waals surface area (Å²) in [5.41, 5.74) is -0.320. The first kappa shape index (κ1) is 10.0. The maximum atomic E-state index is 13.0. The minimum atomic E-state index is -3.18. The van der Waals surface area contributed by atoms with Crippen LogP contribution in [0.15, 0.2) is 24.3 Å². The van der Waals surface area contributed by atoms with Crippen molar-refractivity contribution in [1.82, 2.24) is 0 Å². The summed E-state index contributed by atoms with van der Waals surface area (Å²) in [6, 6.07) is 3.90. The van der Waals surface area contributed by atoms with Crippen LogP contribution in [0.5, 0.6) is 0 Å². The molecule has 0 spiro atoms. The lowest BCUT2D eigenvalue weighted by molar-refractivity contribution is -0.0838. The van der Waals surface area contributed by atoms with Crippen molar-refractivity contribution in [2.45, 2.75) is 5.92 Å². The van der Waals surface area contributed by atoms with Crippen molar-refractivity contribution in [2.24, 2.45) is 5.90 Å². The van der Waals surface area contributed by atoms with Crippen LogP contribution in [-0.2, 0) is 10.8 Å². The van der Waals surface area contributed by atoms with Crippen molar-refractivity contribution in [3.63, 3.8) is 0 Å². The molecule has 2 N–H and O–H groups in total. The highest BCUT2D eigenvalue weighted by atomic mass is 19.3. The van der Waals surface area contributed by atoms with Gasteiger partial charge in [-0.15, -0.1) is 0 Å². The number of nitrogens with two attached hydrogens (primary N) is 1. The third-order valence-electron chi connectivity index (χ3n) is 1.53. The smallest absolute Gasteiger partial charge is 0.298 e. The first-order chi connectivity index (χ1) is 6.06. The molecule has 0 aromatic heterocycles. The van der Waals surface area contributed by atoms with Crippen LogP contribution >= 0.6 is 0 Å². The van der Waals surface area contributed by atoms with Gasteiger partial charge in [-0.25, -0.2) is 10.3 Å². The fourth-order valence-corrected chi connectivity index (χ4v) is 0.882. The first-order valence-electron chi connectivity index (χ1n) is 3.52. The van der Waals surface area contributed by atoms with E-state index in [4.69, 9.17) is 0 Å². The predicted octanol–water partition coefficient (Wildman–Crippen LogP) is 1.81. The van der Waals surface area contributed by atoms with Gasteiger partial charge in [-0.05, 0) is 12.1 Å². The molecule has 0 aliphatic heterocycles. The third kappa shape index (κ3) is 2.43. The molecule has 0 fully saturated rings. The van der Waals surface area contributed by atoms with Gasteiger partial charge in [0.15, 0.2) is 0 Å². The number of hydrogen-bond donors (Lipinski definition) is 1. The quantitative estimate of drug-likeness (QED) is 0.739. The second-order valence-corrected chi connectivity index (χ2v) is 2.52. The molecule has 0 unspecified atom stereocenters. The number of alkyl halides is 2. The second kappa shape index (κ2) is 3.76. The summed E-state index contributed by atoms with van der Waals surface area (Å²) >= 11 is 0. The number of halogens is 3. The van der Waals surface area contributed by atoms with E-state index in [-0.39, 0.29) is 5.56 Å². The highest BCUT2D eigenvalue weighted by Crippen LogP contribution is 2.27. The van der Waals surface area contributed by atoms with Gasteiger partial charge in [0.2, 0.25) is 0 Å². The van der Waals surface area contributed by atoms with E-state index in [0.29, 0.717) is 0 Å². The normalized spacial score (nSPS) is 11.7. The van der Waals surface area contributed by atoms with E-state index >= 15 is 0 Å². The minimum Gasteiger partial charge on any atom is -0.298 e. The van der Waals surface area contributed by atoms with E-state index in [1.54, 1.807) is 0 Å². The van der Waals surface area contributed by atoms with Gasteiger partial charge in [0.25, 0.3) is 5.92 Å². The lowest BCUT2D eigenvalue weighted by Crippen LogP contribution is -2.23. The molecule has 13 heavy (non-hydrogen) atoms. The molecule has 72 valence electrons. The molecule has 0 saturated heterocycles. The van der Waals surface area contributed by atoms with Crippen molar-refractivity contribution in [3.05, 3.63) is 35.6 Å². The van der Waals surface area contributed by atoms with Crippen LogP contribution in [-0.4, -0.2) is 6.61 Å². The SMILES string of the molecule is NOCC(F)(F)c1ccc(F)cc1. The highest BCUT2D eigenvalue weighted by Gasteiger charge is 2.31. The van der Waals surface area contributed by atoms with Gasteiger partial charge < -0.3 is 0 Å². The van der Waals surface area contributed by atoms with E-state index in [2.05, 4.69) is 10.7 Å². The lowest BCUT2D eigenvalue weighted by atomic mass is 10.1. The summed E-state index contributed by atoms with van der Waals surface area (Å²) in [5.74, 6) is 0.788. The summed E-state index contributed by atoms with van der Waals surface area (Å²) in [7, 11) is 0. The molecule has 1 aromatic rings. The highest BCUT2D eigenvalue weighted by molar-refractivity contribution is 5.20. The summed E-state index contributed by atoms with van der Waals surface area (Å²) in [6.45, 7) is -0.918. The Morgan fingerprint density at radius 1 is 1.23 bits per heavy atom. The minimum absolute atomic E-state index is 0.320. The Bertz CT molecular complexity index is 273. The Hall–Kier alpha value is -1.07. The third-order valence-corrected chi connectivity index (χ3v) is 1.53. The van der Waals surface area contributed by atoms with Crippen molar-refractivity contribution in [1.29, 1.82) is 0 Å². The van der Waals surface area contributed by atoms with Crippen LogP contribution in [0.4, 0.5) is 13.2 Å². The molecule has 0 heterocycles. The first-order valence-corrected chi connectivity index (χ1v) is 3.52. The Balaban J connectivity index is 2.87. The van der Waals surface area contributed by atoms with E-state index in [1.807, 2.05) is 0 Å². The molecule has 0 atom stereocenters. The Morgan fingerprint density at radius 3 is 2.23 bits per heavy atom. The fraction of sp³-hybridized carbons (Fsp3) is 0.250. The standard InChI is InChI=1S/C8H8F3NO/c9-7-3-1-6(2-4-7)8(10,11)5-13-12/h1-4H,5,12H2. The summed E-state index contributed by atoms with van der Waals surface area (Å²) in [5, 5.41) is 0. The zero-order valence-corrected chi connectivity index (χ0v) is 6.64. The van der Waals surface area contributed by atoms with Crippen molar-refractivity contribution in [2.75, 3.05) is 6.61 Å². The van der Waals surface area contributed by atoms with Crippen LogP contribution in [0, 0.1) is 5.82 Å². The molecular weight excluding hydrogens is 183 g/mol. The second-order valence-electron chi connectivity index (χ2n) is 2.52. The molecule has 0 saturated carbocycles. The Morgan fingerprint density at radius 2 is 1.77 bits per heavy atom. The fourth-order valence-electron chi connectivity index (χ4n) is 0.882. The molecule has 5 heteroatoms. The number of rotatable bonds is 3. The molecule has 2 nitrogen and oxygen atoms in total. The van der Waals surface area contributed by atoms with Crippen LogP contribution in [0.25, 0.3) is 0 Å².